The molecule has 6 heteroatoms. The summed E-state index contributed by atoms with van der Waals surface area (Å²) < 4.78 is 15.0. The van der Waals surface area contributed by atoms with Gasteiger partial charge >= 0.3 is 0 Å². The number of halogens is 1. The average Bonchev–Trinajstić information content (AvgIpc) is 3.10. The number of pyridine rings is 1. The number of hydrogen-bond acceptors (Lipinski definition) is 4. The summed E-state index contributed by atoms with van der Waals surface area (Å²) in [6.45, 7) is 0. The number of benzene rings is 1. The van der Waals surface area contributed by atoms with Gasteiger partial charge in [0.25, 0.3) is 0 Å². The normalized spacial score (nSPS) is 11.1. The largest absolute Gasteiger partial charge is 0.383 e. The lowest BCUT2D eigenvalue weighted by atomic mass is 10.1. The average molecular weight is 310 g/mol. The maximum atomic E-state index is 13.1. The van der Waals surface area contributed by atoms with Crippen LogP contribution in [-0.2, 0) is 0 Å². The molecule has 1 aromatic carbocycles. The lowest BCUT2D eigenvalue weighted by Crippen LogP contribution is -1.95. The fourth-order valence-electron chi connectivity index (χ4n) is 2.42. The van der Waals surface area contributed by atoms with Gasteiger partial charge in [0, 0.05) is 23.3 Å². The summed E-state index contributed by atoms with van der Waals surface area (Å²) in [5, 5.41) is 1.97. The van der Waals surface area contributed by atoms with Crippen LogP contribution in [0.5, 0.6) is 0 Å². The number of nitrogen functional groups attached to an aromatic ring is 1. The summed E-state index contributed by atoms with van der Waals surface area (Å²) in [6, 6.07) is 10.1. The van der Waals surface area contributed by atoms with Gasteiger partial charge in [0.2, 0.25) is 0 Å². The maximum absolute atomic E-state index is 13.1. The zero-order chi connectivity index (χ0) is 15.1. The first kappa shape index (κ1) is 13.0. The SMILES string of the molecule is Nc1c(-c2ccncc2)nc2scc(-c3ccc(F)cc3)n12. The third kappa shape index (κ3) is 1.96. The summed E-state index contributed by atoms with van der Waals surface area (Å²) in [5.74, 6) is 0.313. The second kappa shape index (κ2) is 4.92. The van der Waals surface area contributed by atoms with Crippen molar-refractivity contribution in [3.05, 3.63) is 60.0 Å². The van der Waals surface area contributed by atoms with Gasteiger partial charge in [-0.25, -0.2) is 9.37 Å². The zero-order valence-electron chi connectivity index (χ0n) is 11.4. The van der Waals surface area contributed by atoms with E-state index in [1.807, 2.05) is 21.9 Å². The van der Waals surface area contributed by atoms with Crippen LogP contribution in [0.15, 0.2) is 54.2 Å². The molecule has 4 nitrogen and oxygen atoms in total. The highest BCUT2D eigenvalue weighted by atomic mass is 32.1. The second-order valence-corrected chi connectivity index (χ2v) is 5.66. The molecule has 108 valence electrons. The Kier molecular flexibility index (Phi) is 2.90. The Morgan fingerprint density at radius 3 is 2.45 bits per heavy atom. The van der Waals surface area contributed by atoms with Crippen LogP contribution in [0.3, 0.4) is 0 Å². The minimum atomic E-state index is -0.258. The van der Waals surface area contributed by atoms with Crippen LogP contribution in [0.4, 0.5) is 10.2 Å². The summed E-state index contributed by atoms with van der Waals surface area (Å²) >= 11 is 1.51. The molecule has 0 bridgehead atoms. The van der Waals surface area contributed by atoms with E-state index >= 15 is 0 Å². The summed E-state index contributed by atoms with van der Waals surface area (Å²) in [7, 11) is 0. The fourth-order valence-corrected chi connectivity index (χ4v) is 3.33. The number of nitrogens with two attached hydrogens (primary N) is 1. The molecule has 0 spiro atoms. The second-order valence-electron chi connectivity index (χ2n) is 4.83. The lowest BCUT2D eigenvalue weighted by molar-refractivity contribution is 0.628. The van der Waals surface area contributed by atoms with Crippen molar-refractivity contribution in [3.63, 3.8) is 0 Å². The predicted octanol–water partition coefficient (Wildman–Crippen LogP) is 3.85. The van der Waals surface area contributed by atoms with Gasteiger partial charge in [-0.3, -0.25) is 9.38 Å². The molecule has 0 aliphatic carbocycles. The van der Waals surface area contributed by atoms with Gasteiger partial charge in [-0.2, -0.15) is 0 Å². The van der Waals surface area contributed by atoms with Crippen molar-refractivity contribution < 1.29 is 4.39 Å². The lowest BCUT2D eigenvalue weighted by Gasteiger charge is -2.03. The number of thiazole rings is 1. The van der Waals surface area contributed by atoms with E-state index in [-0.39, 0.29) is 5.82 Å². The molecule has 4 rings (SSSR count). The van der Waals surface area contributed by atoms with E-state index in [1.165, 1.54) is 23.5 Å². The highest BCUT2D eigenvalue weighted by molar-refractivity contribution is 7.15. The molecule has 0 aliphatic rings. The number of hydrogen-bond donors (Lipinski definition) is 1. The number of rotatable bonds is 2. The van der Waals surface area contributed by atoms with Gasteiger partial charge in [0.05, 0.1) is 5.69 Å². The quantitative estimate of drug-likeness (QED) is 0.612. The highest BCUT2D eigenvalue weighted by Crippen LogP contribution is 2.34. The Labute approximate surface area is 129 Å². The van der Waals surface area contributed by atoms with Crippen LogP contribution in [0.1, 0.15) is 0 Å². The molecule has 0 radical (unpaired) electrons. The van der Waals surface area contributed by atoms with Gasteiger partial charge in [0.1, 0.15) is 17.3 Å². The minimum Gasteiger partial charge on any atom is -0.383 e. The first-order valence-corrected chi connectivity index (χ1v) is 7.54. The summed E-state index contributed by atoms with van der Waals surface area (Å²) in [4.78, 5) is 9.42. The van der Waals surface area contributed by atoms with E-state index in [1.54, 1.807) is 24.5 Å². The van der Waals surface area contributed by atoms with E-state index in [4.69, 9.17) is 5.73 Å². The number of imidazole rings is 1. The Balaban J connectivity index is 1.92. The van der Waals surface area contributed by atoms with Gasteiger partial charge in [0.15, 0.2) is 4.96 Å². The van der Waals surface area contributed by atoms with Crippen LogP contribution in [0.25, 0.3) is 27.5 Å². The summed E-state index contributed by atoms with van der Waals surface area (Å²) in [6.07, 6.45) is 3.42. The van der Waals surface area contributed by atoms with Crippen molar-refractivity contribution in [2.24, 2.45) is 0 Å². The highest BCUT2D eigenvalue weighted by Gasteiger charge is 2.16. The monoisotopic (exact) mass is 310 g/mol. The maximum Gasteiger partial charge on any atom is 0.196 e. The molecular weight excluding hydrogens is 299 g/mol. The molecule has 0 saturated heterocycles. The van der Waals surface area contributed by atoms with Gasteiger partial charge in [-0.05, 0) is 42.0 Å². The van der Waals surface area contributed by atoms with Crippen molar-refractivity contribution in [2.75, 3.05) is 5.73 Å². The molecule has 0 fully saturated rings. The summed E-state index contributed by atoms with van der Waals surface area (Å²) in [5.41, 5.74) is 9.76. The smallest absolute Gasteiger partial charge is 0.196 e. The molecule has 0 saturated carbocycles. The number of aromatic nitrogens is 3. The number of fused-ring (bicyclic) bond motifs is 1. The van der Waals surface area contributed by atoms with E-state index in [0.29, 0.717) is 5.82 Å². The molecule has 3 aromatic heterocycles. The van der Waals surface area contributed by atoms with Gasteiger partial charge in [-0.1, -0.05) is 0 Å². The Bertz CT molecular complexity index is 942. The van der Waals surface area contributed by atoms with Crippen LogP contribution >= 0.6 is 11.3 Å². The number of nitrogens with zero attached hydrogens (tertiary/aromatic N) is 3. The van der Waals surface area contributed by atoms with E-state index in [2.05, 4.69) is 9.97 Å². The van der Waals surface area contributed by atoms with E-state index in [9.17, 15) is 4.39 Å². The van der Waals surface area contributed by atoms with Crippen LogP contribution in [0.2, 0.25) is 0 Å². The van der Waals surface area contributed by atoms with Gasteiger partial charge in [-0.15, -0.1) is 11.3 Å². The minimum absolute atomic E-state index is 0.258. The molecule has 2 N–H and O–H groups in total. The Hall–Kier alpha value is -2.73. The molecule has 0 atom stereocenters. The van der Waals surface area contributed by atoms with Crippen molar-refractivity contribution in [3.8, 4) is 22.5 Å². The van der Waals surface area contributed by atoms with Gasteiger partial charge < -0.3 is 5.73 Å². The molecule has 0 aliphatic heterocycles. The molecule has 3 heterocycles. The van der Waals surface area contributed by atoms with E-state index in [0.717, 1.165) is 27.5 Å². The first-order valence-electron chi connectivity index (χ1n) is 6.66. The first-order chi connectivity index (χ1) is 10.7. The van der Waals surface area contributed by atoms with Crippen molar-refractivity contribution in [2.45, 2.75) is 0 Å². The molecule has 0 unspecified atom stereocenters. The predicted molar refractivity (Wildman–Crippen MR) is 86.1 cm³/mol. The molecule has 22 heavy (non-hydrogen) atoms. The van der Waals surface area contributed by atoms with Crippen LogP contribution in [-0.4, -0.2) is 14.4 Å². The zero-order valence-corrected chi connectivity index (χ0v) is 12.2. The fraction of sp³-hybridized carbons (Fsp3) is 0. The third-order valence-corrected chi connectivity index (χ3v) is 4.32. The standard InChI is InChI=1S/C16H11FN4S/c17-12-3-1-10(2-4-12)13-9-22-16-20-14(15(18)21(13)16)11-5-7-19-8-6-11/h1-9H,18H2. The third-order valence-electron chi connectivity index (χ3n) is 3.49. The molecular formula is C16H11FN4S. The topological polar surface area (TPSA) is 56.2 Å². The van der Waals surface area contributed by atoms with Crippen LogP contribution in [0, 0.1) is 5.82 Å². The van der Waals surface area contributed by atoms with Crippen molar-refractivity contribution in [1.29, 1.82) is 0 Å². The Morgan fingerprint density at radius 1 is 1.00 bits per heavy atom. The van der Waals surface area contributed by atoms with Crippen molar-refractivity contribution >= 4 is 22.1 Å². The van der Waals surface area contributed by atoms with Crippen molar-refractivity contribution in [1.82, 2.24) is 14.4 Å². The van der Waals surface area contributed by atoms with Crippen LogP contribution < -0.4 is 5.73 Å². The molecule has 4 aromatic rings. The molecule has 0 amide bonds. The number of anilines is 1. The van der Waals surface area contributed by atoms with E-state index < -0.39 is 0 Å². The Morgan fingerprint density at radius 2 is 1.73 bits per heavy atom.